The van der Waals surface area contributed by atoms with Gasteiger partial charge in [-0.2, -0.15) is 0 Å². The van der Waals surface area contributed by atoms with Crippen molar-refractivity contribution >= 4 is 16.6 Å². The molecule has 0 bridgehead atoms. The highest BCUT2D eigenvalue weighted by molar-refractivity contribution is 6.48. The van der Waals surface area contributed by atoms with Gasteiger partial charge in [0.25, 0.3) is 0 Å². The number of halogens is 1. The molecule has 3 rings (SSSR count). The second-order valence-corrected chi connectivity index (χ2v) is 5.59. The summed E-state index contributed by atoms with van der Waals surface area (Å²) in [6, 6.07) is 31.0. The molecule has 0 nitrogen and oxygen atoms in total. The van der Waals surface area contributed by atoms with Crippen LogP contribution in [0.5, 0.6) is 0 Å². The largest absolute Gasteiger partial charge is 0.0840 e. The summed E-state index contributed by atoms with van der Waals surface area (Å²) in [5.41, 5.74) is 3.52. The first-order valence-electron chi connectivity index (χ1n) is 7.37. The average molecular weight is 305 g/mol. The molecule has 0 saturated carbocycles. The molecule has 0 aliphatic rings. The highest BCUT2D eigenvalue weighted by Crippen LogP contribution is 2.31. The fourth-order valence-electron chi connectivity index (χ4n) is 2.55. The van der Waals surface area contributed by atoms with Gasteiger partial charge in [-0.1, -0.05) is 109 Å². The Hall–Kier alpha value is -2.31. The van der Waals surface area contributed by atoms with Crippen LogP contribution in [0.3, 0.4) is 0 Å². The Morgan fingerprint density at radius 1 is 0.636 bits per heavy atom. The van der Waals surface area contributed by atoms with Crippen LogP contribution in [0.1, 0.15) is 22.6 Å². The molecule has 0 N–H and O–H groups in total. The van der Waals surface area contributed by atoms with E-state index in [1.807, 2.05) is 42.5 Å². The molecule has 0 spiro atoms. The molecule has 0 atom stereocenters. The molecule has 3 aromatic carbocycles. The van der Waals surface area contributed by atoms with Gasteiger partial charge in [-0.15, -0.1) is 0 Å². The molecule has 0 fully saturated rings. The zero-order valence-corrected chi connectivity index (χ0v) is 12.9. The number of benzene rings is 3. The van der Waals surface area contributed by atoms with Crippen molar-refractivity contribution in [2.45, 2.75) is 5.92 Å². The standard InChI is InChI=1S/C21H17Cl/c22-21(19-14-8-3-9-15-19)16-20(17-10-4-1-5-11-17)18-12-6-2-7-13-18/h1-16,20H. The Morgan fingerprint density at radius 3 is 1.50 bits per heavy atom. The molecule has 0 aliphatic heterocycles. The maximum Gasteiger partial charge on any atom is 0.0448 e. The smallest absolute Gasteiger partial charge is 0.0448 e. The number of hydrogen-bond donors (Lipinski definition) is 0. The van der Waals surface area contributed by atoms with E-state index < -0.39 is 0 Å². The van der Waals surface area contributed by atoms with Crippen molar-refractivity contribution in [3.63, 3.8) is 0 Å². The average Bonchev–Trinajstić information content (AvgIpc) is 2.62. The third kappa shape index (κ3) is 3.47. The van der Waals surface area contributed by atoms with Gasteiger partial charge in [0, 0.05) is 11.0 Å². The van der Waals surface area contributed by atoms with Crippen LogP contribution in [-0.4, -0.2) is 0 Å². The summed E-state index contributed by atoms with van der Waals surface area (Å²) >= 11 is 6.56. The molecule has 0 amide bonds. The van der Waals surface area contributed by atoms with E-state index in [9.17, 15) is 0 Å². The van der Waals surface area contributed by atoms with E-state index in [1.165, 1.54) is 11.1 Å². The van der Waals surface area contributed by atoms with Crippen LogP contribution in [0.25, 0.3) is 5.03 Å². The molecular formula is C21H17Cl. The topological polar surface area (TPSA) is 0 Å². The Morgan fingerprint density at radius 2 is 1.05 bits per heavy atom. The summed E-state index contributed by atoms with van der Waals surface area (Å²) in [5, 5.41) is 0.776. The normalized spacial score (nSPS) is 11.6. The minimum Gasteiger partial charge on any atom is -0.0840 e. The third-order valence-electron chi connectivity index (χ3n) is 3.68. The number of hydrogen-bond acceptors (Lipinski definition) is 0. The van der Waals surface area contributed by atoms with E-state index in [2.05, 4.69) is 54.6 Å². The lowest BCUT2D eigenvalue weighted by Crippen LogP contribution is -1.98. The minimum absolute atomic E-state index is 0.148. The predicted molar refractivity (Wildman–Crippen MR) is 95.0 cm³/mol. The van der Waals surface area contributed by atoms with Crippen molar-refractivity contribution in [3.05, 3.63) is 114 Å². The summed E-state index contributed by atoms with van der Waals surface area (Å²) in [6.07, 6.45) is 2.13. The molecule has 0 saturated heterocycles. The lowest BCUT2D eigenvalue weighted by atomic mass is 9.90. The fourth-order valence-corrected chi connectivity index (χ4v) is 2.80. The molecule has 0 radical (unpaired) electrons. The molecule has 0 unspecified atom stereocenters. The Balaban J connectivity index is 2.03. The summed E-state index contributed by atoms with van der Waals surface area (Å²) in [6.45, 7) is 0. The zero-order chi connectivity index (χ0) is 15.2. The van der Waals surface area contributed by atoms with Crippen LogP contribution in [0.15, 0.2) is 97.1 Å². The SMILES string of the molecule is ClC(=CC(c1ccccc1)c1ccccc1)c1ccccc1. The van der Waals surface area contributed by atoms with E-state index in [4.69, 9.17) is 11.6 Å². The molecule has 1 heteroatoms. The summed E-state index contributed by atoms with van der Waals surface area (Å²) in [4.78, 5) is 0. The Labute approximate surface area is 136 Å². The highest BCUT2D eigenvalue weighted by atomic mass is 35.5. The summed E-state index contributed by atoms with van der Waals surface area (Å²) in [5.74, 6) is 0.148. The second kappa shape index (κ2) is 7.11. The van der Waals surface area contributed by atoms with Gasteiger partial charge in [0.2, 0.25) is 0 Å². The monoisotopic (exact) mass is 304 g/mol. The maximum atomic E-state index is 6.56. The van der Waals surface area contributed by atoms with E-state index in [-0.39, 0.29) is 5.92 Å². The van der Waals surface area contributed by atoms with Gasteiger partial charge in [-0.25, -0.2) is 0 Å². The van der Waals surface area contributed by atoms with Crippen LogP contribution in [0.2, 0.25) is 0 Å². The molecule has 108 valence electrons. The van der Waals surface area contributed by atoms with E-state index in [0.717, 1.165) is 10.6 Å². The predicted octanol–water partition coefficient (Wildman–Crippen LogP) is 6.10. The van der Waals surface area contributed by atoms with Crippen LogP contribution in [0.4, 0.5) is 0 Å². The second-order valence-electron chi connectivity index (χ2n) is 5.18. The van der Waals surface area contributed by atoms with Gasteiger partial charge >= 0.3 is 0 Å². The highest BCUT2D eigenvalue weighted by Gasteiger charge is 2.12. The lowest BCUT2D eigenvalue weighted by Gasteiger charge is -2.15. The van der Waals surface area contributed by atoms with Gasteiger partial charge in [-0.05, 0) is 16.7 Å². The molecule has 0 aromatic heterocycles. The Bertz CT molecular complexity index is 691. The first-order valence-corrected chi connectivity index (χ1v) is 7.75. The van der Waals surface area contributed by atoms with Gasteiger partial charge in [-0.3, -0.25) is 0 Å². The minimum atomic E-state index is 0.148. The molecule has 0 aliphatic carbocycles. The summed E-state index contributed by atoms with van der Waals surface area (Å²) < 4.78 is 0. The maximum absolute atomic E-state index is 6.56. The molecule has 22 heavy (non-hydrogen) atoms. The molecule has 3 aromatic rings. The first kappa shape index (κ1) is 14.6. The van der Waals surface area contributed by atoms with E-state index in [0.29, 0.717) is 0 Å². The van der Waals surface area contributed by atoms with Crippen LogP contribution >= 0.6 is 11.6 Å². The lowest BCUT2D eigenvalue weighted by molar-refractivity contribution is 1.03. The van der Waals surface area contributed by atoms with Gasteiger partial charge in [0.15, 0.2) is 0 Å². The van der Waals surface area contributed by atoms with Crippen molar-refractivity contribution in [2.24, 2.45) is 0 Å². The van der Waals surface area contributed by atoms with Crippen molar-refractivity contribution in [3.8, 4) is 0 Å². The zero-order valence-electron chi connectivity index (χ0n) is 12.2. The van der Waals surface area contributed by atoms with E-state index >= 15 is 0 Å². The number of allylic oxidation sites excluding steroid dienone is 1. The molecule has 0 heterocycles. The van der Waals surface area contributed by atoms with Crippen molar-refractivity contribution in [1.29, 1.82) is 0 Å². The third-order valence-corrected chi connectivity index (χ3v) is 4.02. The van der Waals surface area contributed by atoms with E-state index in [1.54, 1.807) is 0 Å². The van der Waals surface area contributed by atoms with Gasteiger partial charge < -0.3 is 0 Å². The van der Waals surface area contributed by atoms with Crippen LogP contribution in [0, 0.1) is 0 Å². The quantitative estimate of drug-likeness (QED) is 0.546. The van der Waals surface area contributed by atoms with Crippen LogP contribution in [-0.2, 0) is 0 Å². The van der Waals surface area contributed by atoms with Crippen molar-refractivity contribution in [2.75, 3.05) is 0 Å². The fraction of sp³-hybridized carbons (Fsp3) is 0.0476. The molecular weight excluding hydrogens is 288 g/mol. The van der Waals surface area contributed by atoms with Gasteiger partial charge in [0.1, 0.15) is 0 Å². The van der Waals surface area contributed by atoms with Crippen LogP contribution < -0.4 is 0 Å². The summed E-state index contributed by atoms with van der Waals surface area (Å²) in [7, 11) is 0. The van der Waals surface area contributed by atoms with Crippen molar-refractivity contribution < 1.29 is 0 Å². The number of rotatable bonds is 4. The van der Waals surface area contributed by atoms with Crippen molar-refractivity contribution in [1.82, 2.24) is 0 Å². The Kier molecular flexibility index (Phi) is 4.72. The first-order chi connectivity index (χ1) is 10.8. The van der Waals surface area contributed by atoms with Gasteiger partial charge in [0.05, 0.1) is 0 Å².